The molecule has 2 rings (SSSR count). The minimum atomic E-state index is -0.468. The van der Waals surface area contributed by atoms with Crippen LogP contribution in [0.5, 0.6) is 0 Å². The summed E-state index contributed by atoms with van der Waals surface area (Å²) in [6.45, 7) is 0. The molecule has 1 aromatic carbocycles. The molecule has 0 fully saturated rings. The highest BCUT2D eigenvalue weighted by atomic mass is 35.5. The standard InChI is InChI=1S/C12H11N3O4.ClH/c1-18-14-12(13)11-7-6-10(19-11)8-4-2-3-5-9(8)15(16)17;/h2-7H,1H3,(H2,13,14);1H. The molecule has 0 unspecified atom stereocenters. The average molecular weight is 298 g/mol. The summed E-state index contributed by atoms with van der Waals surface area (Å²) in [5, 5.41) is 14.5. The molecule has 106 valence electrons. The molecule has 0 amide bonds. The topological polar surface area (TPSA) is 104 Å². The molecule has 8 heteroatoms. The number of halogens is 1. The number of hydrogen-bond acceptors (Lipinski definition) is 5. The van der Waals surface area contributed by atoms with Crippen LogP contribution < -0.4 is 5.73 Å². The van der Waals surface area contributed by atoms with Crippen molar-refractivity contribution >= 4 is 23.9 Å². The monoisotopic (exact) mass is 297 g/mol. The Labute approximate surface area is 120 Å². The van der Waals surface area contributed by atoms with Crippen LogP contribution in [-0.2, 0) is 4.84 Å². The predicted molar refractivity (Wildman–Crippen MR) is 75.8 cm³/mol. The van der Waals surface area contributed by atoms with E-state index in [1.165, 1.54) is 13.2 Å². The molecule has 0 saturated carbocycles. The summed E-state index contributed by atoms with van der Waals surface area (Å²) < 4.78 is 5.43. The zero-order chi connectivity index (χ0) is 13.8. The molecule has 0 saturated heterocycles. The number of amidine groups is 1. The summed E-state index contributed by atoms with van der Waals surface area (Å²) in [4.78, 5) is 15.0. The molecule has 0 aliphatic rings. The third-order valence-electron chi connectivity index (χ3n) is 2.41. The Bertz CT molecular complexity index is 639. The van der Waals surface area contributed by atoms with Crippen LogP contribution in [0.3, 0.4) is 0 Å². The number of furan rings is 1. The summed E-state index contributed by atoms with van der Waals surface area (Å²) in [6.07, 6.45) is 0. The van der Waals surface area contributed by atoms with Gasteiger partial charge in [-0.05, 0) is 18.2 Å². The highest BCUT2D eigenvalue weighted by Gasteiger charge is 2.17. The number of oxime groups is 1. The van der Waals surface area contributed by atoms with Crippen LogP contribution >= 0.6 is 12.4 Å². The minimum absolute atomic E-state index is 0. The molecular formula is C12H12ClN3O4. The second-order valence-electron chi connectivity index (χ2n) is 3.60. The van der Waals surface area contributed by atoms with Crippen LogP contribution in [0.25, 0.3) is 11.3 Å². The molecule has 0 radical (unpaired) electrons. The van der Waals surface area contributed by atoms with Crippen LogP contribution in [0.1, 0.15) is 5.76 Å². The van der Waals surface area contributed by atoms with Gasteiger partial charge in [-0.25, -0.2) is 0 Å². The number of nitrogens with zero attached hydrogens (tertiary/aromatic N) is 2. The predicted octanol–water partition coefficient (Wildman–Crippen LogP) is 2.54. The Balaban J connectivity index is 0.00000200. The lowest BCUT2D eigenvalue weighted by Crippen LogP contribution is -2.12. The van der Waals surface area contributed by atoms with Crippen LogP contribution in [-0.4, -0.2) is 17.9 Å². The van der Waals surface area contributed by atoms with Crippen molar-refractivity contribution in [3.63, 3.8) is 0 Å². The maximum absolute atomic E-state index is 10.9. The molecule has 0 spiro atoms. The van der Waals surface area contributed by atoms with E-state index in [0.29, 0.717) is 11.3 Å². The smallest absolute Gasteiger partial charge is 0.280 e. The van der Waals surface area contributed by atoms with Crippen molar-refractivity contribution in [1.82, 2.24) is 0 Å². The number of benzene rings is 1. The Morgan fingerprint density at radius 1 is 1.35 bits per heavy atom. The molecular weight excluding hydrogens is 286 g/mol. The first kappa shape index (κ1) is 15.5. The van der Waals surface area contributed by atoms with Gasteiger partial charge in [0.05, 0.1) is 10.5 Å². The highest BCUT2D eigenvalue weighted by Crippen LogP contribution is 2.30. The van der Waals surface area contributed by atoms with Gasteiger partial charge in [0.25, 0.3) is 5.69 Å². The summed E-state index contributed by atoms with van der Waals surface area (Å²) in [5.41, 5.74) is 5.93. The van der Waals surface area contributed by atoms with E-state index < -0.39 is 4.92 Å². The van der Waals surface area contributed by atoms with E-state index in [2.05, 4.69) is 9.99 Å². The summed E-state index contributed by atoms with van der Waals surface area (Å²) >= 11 is 0. The largest absolute Gasteiger partial charge is 0.452 e. The van der Waals surface area contributed by atoms with Gasteiger partial charge in [0.1, 0.15) is 12.9 Å². The normalized spacial score (nSPS) is 10.8. The second-order valence-corrected chi connectivity index (χ2v) is 3.60. The molecule has 20 heavy (non-hydrogen) atoms. The Morgan fingerprint density at radius 2 is 2.05 bits per heavy atom. The molecule has 1 aromatic heterocycles. The van der Waals surface area contributed by atoms with Gasteiger partial charge >= 0.3 is 0 Å². The van der Waals surface area contributed by atoms with Crippen molar-refractivity contribution < 1.29 is 14.2 Å². The maximum atomic E-state index is 10.9. The van der Waals surface area contributed by atoms with E-state index in [0.717, 1.165) is 0 Å². The first-order valence-electron chi connectivity index (χ1n) is 5.34. The van der Waals surface area contributed by atoms with E-state index in [9.17, 15) is 10.1 Å². The van der Waals surface area contributed by atoms with Crippen molar-refractivity contribution in [2.45, 2.75) is 0 Å². The van der Waals surface area contributed by atoms with Gasteiger partial charge in [0.15, 0.2) is 5.76 Å². The summed E-state index contributed by atoms with van der Waals surface area (Å²) in [7, 11) is 1.36. The van der Waals surface area contributed by atoms with Crippen LogP contribution in [0.2, 0.25) is 0 Å². The highest BCUT2D eigenvalue weighted by molar-refractivity contribution is 5.95. The van der Waals surface area contributed by atoms with E-state index in [1.54, 1.807) is 30.3 Å². The van der Waals surface area contributed by atoms with Gasteiger partial charge in [-0.2, -0.15) is 0 Å². The van der Waals surface area contributed by atoms with Gasteiger partial charge in [0.2, 0.25) is 5.84 Å². The van der Waals surface area contributed by atoms with E-state index in [4.69, 9.17) is 10.2 Å². The maximum Gasteiger partial charge on any atom is 0.280 e. The Hall–Kier alpha value is -2.54. The van der Waals surface area contributed by atoms with Crippen molar-refractivity contribution in [2.75, 3.05) is 7.11 Å². The molecule has 2 aromatic rings. The lowest BCUT2D eigenvalue weighted by molar-refractivity contribution is -0.384. The first-order chi connectivity index (χ1) is 9.13. The summed E-state index contributed by atoms with van der Waals surface area (Å²) in [6, 6.07) is 9.46. The third kappa shape index (κ3) is 3.07. The van der Waals surface area contributed by atoms with Crippen molar-refractivity contribution in [1.29, 1.82) is 0 Å². The first-order valence-corrected chi connectivity index (χ1v) is 5.34. The van der Waals surface area contributed by atoms with E-state index in [1.807, 2.05) is 0 Å². The molecule has 0 bridgehead atoms. The van der Waals surface area contributed by atoms with Gasteiger partial charge in [0, 0.05) is 6.07 Å². The number of nitrogens with two attached hydrogens (primary N) is 1. The number of rotatable bonds is 4. The Kier molecular flexibility index (Phi) is 5.10. The van der Waals surface area contributed by atoms with Crippen molar-refractivity contribution in [3.8, 4) is 11.3 Å². The molecule has 0 aliphatic carbocycles. The van der Waals surface area contributed by atoms with Gasteiger partial charge < -0.3 is 15.0 Å². The number of nitro benzene ring substituents is 1. The Morgan fingerprint density at radius 3 is 2.70 bits per heavy atom. The minimum Gasteiger partial charge on any atom is -0.452 e. The fourth-order valence-electron chi connectivity index (χ4n) is 1.60. The SMILES string of the molecule is CON=C(N)c1ccc(-c2ccccc2[N+](=O)[O-])o1.Cl. The molecule has 0 atom stereocenters. The van der Waals surface area contributed by atoms with Crippen molar-refractivity contribution in [3.05, 3.63) is 52.3 Å². The molecule has 7 nitrogen and oxygen atoms in total. The molecule has 2 N–H and O–H groups in total. The third-order valence-corrected chi connectivity index (χ3v) is 2.41. The van der Waals surface area contributed by atoms with E-state index >= 15 is 0 Å². The number of nitro groups is 1. The van der Waals surface area contributed by atoms with Crippen molar-refractivity contribution in [2.24, 2.45) is 10.9 Å². The number of hydrogen-bond donors (Lipinski definition) is 1. The number of para-hydroxylation sites is 1. The zero-order valence-corrected chi connectivity index (χ0v) is 11.3. The van der Waals surface area contributed by atoms with Gasteiger partial charge in [-0.15, -0.1) is 12.4 Å². The van der Waals surface area contributed by atoms with Gasteiger partial charge in [-0.3, -0.25) is 10.1 Å². The van der Waals surface area contributed by atoms with E-state index in [-0.39, 0.29) is 29.7 Å². The summed E-state index contributed by atoms with van der Waals surface area (Å²) in [5.74, 6) is 0.693. The lowest BCUT2D eigenvalue weighted by Gasteiger charge is -1.99. The lowest BCUT2D eigenvalue weighted by atomic mass is 10.1. The second kappa shape index (κ2) is 6.58. The quantitative estimate of drug-likeness (QED) is 0.404. The average Bonchev–Trinajstić information content (AvgIpc) is 2.88. The van der Waals surface area contributed by atoms with Crippen LogP contribution in [0, 0.1) is 10.1 Å². The van der Waals surface area contributed by atoms with Crippen LogP contribution in [0.15, 0.2) is 46.0 Å². The molecule has 1 heterocycles. The van der Waals surface area contributed by atoms with Crippen LogP contribution in [0.4, 0.5) is 5.69 Å². The molecule has 0 aliphatic heterocycles. The van der Waals surface area contributed by atoms with Gasteiger partial charge in [-0.1, -0.05) is 17.3 Å². The fourth-order valence-corrected chi connectivity index (χ4v) is 1.60. The zero-order valence-electron chi connectivity index (χ0n) is 10.5. The fraction of sp³-hybridized carbons (Fsp3) is 0.0833.